The summed E-state index contributed by atoms with van der Waals surface area (Å²) in [5, 5.41) is 0.951. The first-order chi connectivity index (χ1) is 17.7. The number of likely N-dealkylation sites (N-methyl/N-ethyl adjacent to an activating group) is 1. The molecule has 1 saturated heterocycles. The molecule has 206 valence electrons. The molecule has 0 radical (unpaired) electrons. The van der Waals surface area contributed by atoms with Crippen molar-refractivity contribution in [1.82, 2.24) is 4.90 Å². The number of rotatable bonds is 8. The molecule has 0 aliphatic carbocycles. The van der Waals surface area contributed by atoms with Crippen molar-refractivity contribution in [3.63, 3.8) is 0 Å². The summed E-state index contributed by atoms with van der Waals surface area (Å²) >= 11 is 24.1. The summed E-state index contributed by atoms with van der Waals surface area (Å²) in [5.74, 6) is 0.00315. The average molecular weight is 711 g/mol. The summed E-state index contributed by atoms with van der Waals surface area (Å²) in [4.78, 5) is 1.73. The molecule has 1 aliphatic rings. The Bertz CT molecular complexity index is 1430. The van der Waals surface area contributed by atoms with Crippen LogP contribution < -0.4 is 9.46 Å². The first-order valence-electron chi connectivity index (χ1n) is 10.9. The third-order valence-electron chi connectivity index (χ3n) is 5.48. The zero-order chi connectivity index (χ0) is 27.8. The van der Waals surface area contributed by atoms with Crippen molar-refractivity contribution in [3.05, 3.63) is 66.4 Å². The van der Waals surface area contributed by atoms with E-state index in [-0.39, 0.29) is 19.4 Å². The number of alkyl halides is 3. The van der Waals surface area contributed by atoms with Crippen LogP contribution >= 0.6 is 73.8 Å². The molecule has 38 heavy (non-hydrogen) atoms. The Labute approximate surface area is 249 Å². The van der Waals surface area contributed by atoms with Crippen LogP contribution in [0.5, 0.6) is 5.75 Å². The van der Waals surface area contributed by atoms with Crippen LogP contribution in [-0.2, 0) is 22.0 Å². The number of nitrogens with one attached hydrogen (secondary N) is 1. The number of hydrogen-bond acceptors (Lipinski definition) is 6. The van der Waals surface area contributed by atoms with E-state index in [1.165, 1.54) is 11.8 Å². The summed E-state index contributed by atoms with van der Waals surface area (Å²) in [7, 11) is -2.43. The molecule has 1 atom stereocenters. The summed E-state index contributed by atoms with van der Waals surface area (Å²) in [5.41, 5.74) is -0.238. The van der Waals surface area contributed by atoms with E-state index in [0.29, 0.717) is 39.5 Å². The second-order valence-corrected chi connectivity index (χ2v) is 14.6. The van der Waals surface area contributed by atoms with Gasteiger partial charge in [0.15, 0.2) is 0 Å². The lowest BCUT2D eigenvalue weighted by Crippen LogP contribution is -2.23. The number of likely N-dealkylation sites (tertiary alicyclic amines) is 1. The SMILES string of the molecule is CN1CC[C@@H](Oc2cc(NS(=O)(=O)c3c(Cl)sc(SCc4cc(Cl)cc(Cl)c4)c3Br)ccc2C(F)(F)F)C1. The minimum Gasteiger partial charge on any atom is -0.488 e. The summed E-state index contributed by atoms with van der Waals surface area (Å²) in [6, 6.07) is 7.99. The highest BCUT2D eigenvalue weighted by Gasteiger charge is 2.36. The molecule has 15 heteroatoms. The fourth-order valence-electron chi connectivity index (χ4n) is 3.81. The van der Waals surface area contributed by atoms with Gasteiger partial charge in [-0.3, -0.25) is 4.72 Å². The number of thiophene rings is 1. The highest BCUT2D eigenvalue weighted by atomic mass is 79.9. The molecule has 4 rings (SSSR count). The molecular formula is C23H19BrCl3F3N2O3S3. The number of sulfonamides is 1. The molecule has 0 unspecified atom stereocenters. The second kappa shape index (κ2) is 11.9. The molecule has 1 fully saturated rings. The van der Waals surface area contributed by atoms with Crippen molar-refractivity contribution < 1.29 is 26.3 Å². The Kier molecular flexibility index (Phi) is 9.46. The molecule has 2 heterocycles. The quantitative estimate of drug-likeness (QED) is 0.237. The molecule has 3 aromatic rings. The van der Waals surface area contributed by atoms with Crippen LogP contribution in [-0.4, -0.2) is 39.6 Å². The standard InChI is InChI=1S/C23H19BrCl3F3N2O3S3/c1-32-5-4-16(10-32)35-18-9-15(2-3-17(18)23(28,29)30)31-38(33,34)20-19(24)22(37-21(20)27)36-11-12-6-13(25)8-14(26)7-12/h2-3,6-9,16,31H,4-5,10-11H2,1H3/t16-/m1/s1. The number of hydrogen-bond donors (Lipinski definition) is 1. The van der Waals surface area contributed by atoms with Gasteiger partial charge >= 0.3 is 6.18 Å². The molecular weight excluding hydrogens is 692 g/mol. The van der Waals surface area contributed by atoms with Gasteiger partial charge in [-0.05, 0) is 65.3 Å². The van der Waals surface area contributed by atoms with E-state index in [1.54, 1.807) is 18.2 Å². The van der Waals surface area contributed by atoms with Gasteiger partial charge in [-0.1, -0.05) is 34.8 Å². The maximum Gasteiger partial charge on any atom is 0.419 e. The largest absolute Gasteiger partial charge is 0.488 e. The Balaban J connectivity index is 1.57. The fraction of sp³-hybridized carbons (Fsp3) is 0.304. The molecule has 5 nitrogen and oxygen atoms in total. The third kappa shape index (κ3) is 7.25. The lowest BCUT2D eigenvalue weighted by Gasteiger charge is -2.19. The van der Waals surface area contributed by atoms with Gasteiger partial charge in [0.2, 0.25) is 0 Å². The molecule has 0 amide bonds. The minimum atomic E-state index is -4.67. The molecule has 0 bridgehead atoms. The molecule has 1 aliphatic heterocycles. The predicted molar refractivity (Wildman–Crippen MR) is 152 cm³/mol. The van der Waals surface area contributed by atoms with Crippen molar-refractivity contribution >= 4 is 89.5 Å². The molecule has 0 saturated carbocycles. The molecule has 1 N–H and O–H groups in total. The van der Waals surface area contributed by atoms with E-state index in [1.807, 2.05) is 11.9 Å². The second-order valence-electron chi connectivity index (χ2n) is 8.48. The number of nitrogens with zero attached hydrogens (tertiary/aromatic N) is 1. The molecule has 0 spiro atoms. The lowest BCUT2D eigenvalue weighted by molar-refractivity contribution is -0.139. The highest BCUT2D eigenvalue weighted by Crippen LogP contribution is 2.47. The van der Waals surface area contributed by atoms with Crippen LogP contribution in [0.25, 0.3) is 0 Å². The van der Waals surface area contributed by atoms with E-state index in [4.69, 9.17) is 39.5 Å². The Morgan fingerprint density at radius 1 is 1.18 bits per heavy atom. The van der Waals surface area contributed by atoms with Crippen molar-refractivity contribution in [2.24, 2.45) is 0 Å². The number of anilines is 1. The summed E-state index contributed by atoms with van der Waals surface area (Å²) < 4.78 is 76.2. The van der Waals surface area contributed by atoms with Gasteiger partial charge in [-0.25, -0.2) is 8.42 Å². The van der Waals surface area contributed by atoms with E-state index in [9.17, 15) is 21.6 Å². The van der Waals surface area contributed by atoms with Crippen molar-refractivity contribution in [2.45, 2.75) is 33.6 Å². The van der Waals surface area contributed by atoms with Crippen LogP contribution in [0.4, 0.5) is 18.9 Å². The van der Waals surface area contributed by atoms with Crippen LogP contribution in [0, 0.1) is 0 Å². The summed E-state index contributed by atoms with van der Waals surface area (Å²) in [6.45, 7) is 1.15. The van der Waals surface area contributed by atoms with Crippen LogP contribution in [0.15, 0.2) is 50.0 Å². The average Bonchev–Trinajstić information content (AvgIpc) is 3.32. The van der Waals surface area contributed by atoms with Crippen LogP contribution in [0.2, 0.25) is 14.4 Å². The monoisotopic (exact) mass is 708 g/mol. The van der Waals surface area contributed by atoms with Crippen molar-refractivity contribution in [3.8, 4) is 5.75 Å². The number of thioether (sulfide) groups is 1. The Morgan fingerprint density at radius 3 is 2.47 bits per heavy atom. The topological polar surface area (TPSA) is 58.6 Å². The van der Waals surface area contributed by atoms with Gasteiger partial charge in [0, 0.05) is 35.0 Å². The highest BCUT2D eigenvalue weighted by molar-refractivity contribution is 9.10. The first kappa shape index (κ1) is 30.1. The Hall–Kier alpha value is -0.860. The van der Waals surface area contributed by atoms with Crippen molar-refractivity contribution in [1.29, 1.82) is 0 Å². The van der Waals surface area contributed by atoms with E-state index in [0.717, 1.165) is 35.1 Å². The maximum absolute atomic E-state index is 13.6. The van der Waals surface area contributed by atoms with Gasteiger partial charge in [0.25, 0.3) is 10.0 Å². The zero-order valence-corrected chi connectivity index (χ0v) is 25.7. The molecule has 1 aromatic heterocycles. The normalized spacial score (nSPS) is 16.7. The van der Waals surface area contributed by atoms with E-state index < -0.39 is 33.6 Å². The number of halogens is 7. The Morgan fingerprint density at radius 2 is 1.87 bits per heavy atom. The number of benzene rings is 2. The van der Waals surface area contributed by atoms with E-state index in [2.05, 4.69) is 20.7 Å². The van der Waals surface area contributed by atoms with Crippen LogP contribution in [0.3, 0.4) is 0 Å². The van der Waals surface area contributed by atoms with Gasteiger partial charge in [0.05, 0.1) is 19.9 Å². The van der Waals surface area contributed by atoms with Gasteiger partial charge < -0.3 is 9.64 Å². The minimum absolute atomic E-state index is 0.00613. The zero-order valence-electron chi connectivity index (χ0n) is 19.4. The first-order valence-corrected chi connectivity index (χ1v) is 16.1. The van der Waals surface area contributed by atoms with Gasteiger partial charge in [-0.2, -0.15) is 13.2 Å². The number of ether oxygens (including phenoxy) is 1. The van der Waals surface area contributed by atoms with Crippen LogP contribution in [0.1, 0.15) is 17.5 Å². The third-order valence-corrected chi connectivity index (χ3v) is 11.9. The smallest absolute Gasteiger partial charge is 0.419 e. The maximum atomic E-state index is 13.6. The summed E-state index contributed by atoms with van der Waals surface area (Å²) in [6.07, 6.45) is -4.55. The lowest BCUT2D eigenvalue weighted by atomic mass is 10.1. The predicted octanol–water partition coefficient (Wildman–Crippen LogP) is 8.67. The van der Waals surface area contributed by atoms with Crippen molar-refractivity contribution in [2.75, 3.05) is 24.9 Å². The molecule has 2 aromatic carbocycles. The fourth-order valence-corrected chi connectivity index (χ4v) is 10.4. The van der Waals surface area contributed by atoms with E-state index >= 15 is 0 Å². The van der Waals surface area contributed by atoms with Gasteiger partial charge in [0.1, 0.15) is 21.1 Å². The van der Waals surface area contributed by atoms with Gasteiger partial charge in [-0.15, -0.1) is 23.1 Å².